The van der Waals surface area contributed by atoms with Crippen LogP contribution in [-0.4, -0.2) is 54.8 Å². The van der Waals surface area contributed by atoms with Crippen LogP contribution in [-0.2, 0) is 10.0 Å². The number of hydrogen-bond donors (Lipinski definition) is 1. The van der Waals surface area contributed by atoms with Crippen LogP contribution in [0.1, 0.15) is 29.3 Å². The van der Waals surface area contributed by atoms with Crippen LogP contribution in [0.2, 0.25) is 0 Å². The van der Waals surface area contributed by atoms with Crippen molar-refractivity contribution in [2.75, 3.05) is 20.5 Å². The van der Waals surface area contributed by atoms with Crippen LogP contribution in [0.3, 0.4) is 0 Å². The van der Waals surface area contributed by atoms with Gasteiger partial charge in [-0.05, 0) is 91.1 Å². The van der Waals surface area contributed by atoms with Crippen LogP contribution >= 0.6 is 0 Å². The average Bonchev–Trinajstić information content (AvgIpc) is 3.21. The van der Waals surface area contributed by atoms with E-state index < -0.39 is 10.0 Å². The maximum atomic E-state index is 12.8. The lowest BCUT2D eigenvalue weighted by molar-refractivity contribution is -0.592. The second-order valence-electron chi connectivity index (χ2n) is 13.7. The normalized spacial score (nSPS) is 15.5. The van der Waals surface area contributed by atoms with Gasteiger partial charge in [0, 0.05) is 52.3 Å². The van der Waals surface area contributed by atoms with Crippen LogP contribution in [0.5, 0.6) is 11.5 Å². The molecule has 0 radical (unpaired) electrons. The van der Waals surface area contributed by atoms with Crippen molar-refractivity contribution >= 4 is 38.4 Å². The fraction of sp³-hybridized carbons (Fsp3) is 0.130. The molecule has 8 rings (SSSR count). The summed E-state index contributed by atoms with van der Waals surface area (Å²) in [5.74, 6) is 1.53. The zero-order valence-electron chi connectivity index (χ0n) is 32.8. The minimum atomic E-state index is -3.51. The molecule has 1 N–H and O–H groups in total. The van der Waals surface area contributed by atoms with Gasteiger partial charge in [-0.3, -0.25) is 10.2 Å². The van der Waals surface area contributed by atoms with Gasteiger partial charge in [0.1, 0.15) is 22.7 Å². The fourth-order valence-corrected chi connectivity index (χ4v) is 7.84. The number of hydrogen-bond acceptors (Lipinski definition) is 9. The van der Waals surface area contributed by atoms with E-state index in [2.05, 4.69) is 14.4 Å². The van der Waals surface area contributed by atoms with Crippen molar-refractivity contribution in [1.29, 1.82) is 0 Å². The molecular weight excluding hydrogens is 751 g/mol. The minimum absolute atomic E-state index is 0.330. The molecule has 6 aromatic rings. The molecule has 3 aromatic carbocycles. The van der Waals surface area contributed by atoms with E-state index in [1.54, 1.807) is 63.3 Å². The number of pyridine rings is 3. The highest BCUT2D eigenvalue weighted by Gasteiger charge is 2.26. The van der Waals surface area contributed by atoms with Gasteiger partial charge in [-0.2, -0.15) is 9.13 Å². The number of fused-ring (bicyclic) bond motifs is 2. The molecule has 12 heteroatoms. The van der Waals surface area contributed by atoms with Crippen molar-refractivity contribution in [1.82, 2.24) is 15.0 Å². The quantitative estimate of drug-likeness (QED) is 0.129. The van der Waals surface area contributed by atoms with Gasteiger partial charge in [-0.15, -0.1) is 0 Å². The number of hydroxylamine groups is 2. The minimum Gasteiger partial charge on any atom is -0.618 e. The molecule has 1 aliphatic carbocycles. The number of methoxy groups -OCH3 is 2. The summed E-state index contributed by atoms with van der Waals surface area (Å²) < 4.78 is 38.7. The monoisotopic (exact) mass is 791 g/mol. The summed E-state index contributed by atoms with van der Waals surface area (Å²) in [6.07, 6.45) is 14.4. The molecule has 58 heavy (non-hydrogen) atoms. The standard InChI is InChI=1S/C23H21N3O4S.C23H20N2O2/c1-15-14-16(25-31(3,28)29)8-9-17(15)23-22-20(11-13-26(23)27)18(10-12-24-22)19-6-4-5-7-21(19)30-2;1-15-7-6-8-16(2)21(15)23-22-19(12-14-25(23)26)17(11-13-24-22)18-9-4-5-10-20(18)27-3/h4-14,27H,1-3H3;4-14H,1-3H3. The third-order valence-electron chi connectivity index (χ3n) is 9.89. The van der Waals surface area contributed by atoms with Crippen molar-refractivity contribution in [3.8, 4) is 45.0 Å². The number of benzene rings is 3. The first-order valence-corrected chi connectivity index (χ1v) is 20.2. The van der Waals surface area contributed by atoms with E-state index in [4.69, 9.17) is 9.47 Å². The Kier molecular flexibility index (Phi) is 11.1. The molecule has 0 saturated carbocycles. The fourth-order valence-electron chi connectivity index (χ4n) is 7.34. The topological polar surface area (TPSA) is 141 Å². The molecule has 11 nitrogen and oxygen atoms in total. The molecule has 0 fully saturated rings. The van der Waals surface area contributed by atoms with Crippen molar-refractivity contribution in [2.45, 2.75) is 20.8 Å². The molecule has 3 aromatic heterocycles. The van der Waals surface area contributed by atoms with Crippen molar-refractivity contribution < 1.29 is 27.8 Å². The Morgan fingerprint density at radius 3 is 2.02 bits per heavy atom. The molecular formula is C46H41N5O6S. The summed E-state index contributed by atoms with van der Waals surface area (Å²) in [4.78, 5) is 9.12. The van der Waals surface area contributed by atoms with Crippen molar-refractivity contribution in [3.63, 3.8) is 0 Å². The second-order valence-corrected chi connectivity index (χ2v) is 15.4. The zero-order valence-corrected chi connectivity index (χ0v) is 33.7. The largest absolute Gasteiger partial charge is 0.618 e. The van der Waals surface area contributed by atoms with Gasteiger partial charge in [-0.1, -0.05) is 60.7 Å². The Bertz CT molecular complexity index is 2840. The molecule has 0 saturated heterocycles. The van der Waals surface area contributed by atoms with E-state index in [1.807, 2.05) is 106 Å². The Morgan fingerprint density at radius 1 is 0.759 bits per heavy atom. The van der Waals surface area contributed by atoms with Gasteiger partial charge in [0.25, 0.3) is 15.7 Å². The third kappa shape index (κ3) is 7.75. The van der Waals surface area contributed by atoms with Crippen LogP contribution in [0.25, 0.3) is 56.2 Å². The molecule has 1 aliphatic heterocycles. The Labute approximate surface area is 337 Å². The number of nitrogens with zero attached hydrogens (tertiary/aromatic N) is 5. The van der Waals surface area contributed by atoms with E-state index in [-0.39, 0.29) is 0 Å². The lowest BCUT2D eigenvalue weighted by Crippen LogP contribution is -2.29. The summed E-state index contributed by atoms with van der Waals surface area (Å²) in [6.45, 7) is 5.87. The van der Waals surface area contributed by atoms with E-state index in [9.17, 15) is 18.8 Å². The number of allylic oxidation sites excluding steroid dienone is 5. The molecule has 4 heterocycles. The Morgan fingerprint density at radius 2 is 1.38 bits per heavy atom. The number of sulfonamides is 1. The highest BCUT2D eigenvalue weighted by atomic mass is 32.2. The van der Waals surface area contributed by atoms with Gasteiger partial charge < -0.3 is 14.7 Å². The van der Waals surface area contributed by atoms with Crippen LogP contribution in [0.4, 0.5) is 0 Å². The maximum absolute atomic E-state index is 12.8. The first kappa shape index (κ1) is 39.3. The molecule has 0 amide bonds. The second kappa shape index (κ2) is 16.3. The lowest BCUT2D eigenvalue weighted by atomic mass is 9.91. The van der Waals surface area contributed by atoms with E-state index in [0.717, 1.165) is 83.0 Å². The Balaban J connectivity index is 0.000000178. The summed E-state index contributed by atoms with van der Waals surface area (Å²) in [6, 6.07) is 27.3. The molecule has 2 aliphatic rings. The number of rotatable bonds is 6. The third-order valence-corrected chi connectivity index (χ3v) is 10.4. The maximum Gasteiger partial charge on any atom is 0.250 e. The van der Waals surface area contributed by atoms with Crippen LogP contribution in [0, 0.1) is 19.1 Å². The highest BCUT2D eigenvalue weighted by molar-refractivity contribution is 7.89. The average molecular weight is 792 g/mol. The van der Waals surface area contributed by atoms with Crippen molar-refractivity contribution in [3.05, 3.63) is 167 Å². The van der Waals surface area contributed by atoms with E-state index in [0.29, 0.717) is 33.9 Å². The predicted octanol–water partition coefficient (Wildman–Crippen LogP) is 8.89. The van der Waals surface area contributed by atoms with Crippen molar-refractivity contribution in [2.24, 2.45) is 4.40 Å². The van der Waals surface area contributed by atoms with Gasteiger partial charge in [0.2, 0.25) is 0 Å². The van der Waals surface area contributed by atoms with E-state index in [1.165, 1.54) is 0 Å². The number of ether oxygens (including phenoxy) is 2. The zero-order chi connectivity index (χ0) is 41.1. The lowest BCUT2D eigenvalue weighted by Gasteiger charge is -2.27. The smallest absolute Gasteiger partial charge is 0.250 e. The van der Waals surface area contributed by atoms with E-state index >= 15 is 0 Å². The van der Waals surface area contributed by atoms with Crippen LogP contribution < -0.4 is 14.2 Å². The summed E-state index contributed by atoms with van der Waals surface area (Å²) in [5, 5.41) is 25.3. The first-order valence-electron chi connectivity index (χ1n) is 18.3. The summed E-state index contributed by atoms with van der Waals surface area (Å²) in [7, 11) is -0.222. The number of aryl methyl sites for hydroxylation is 2. The molecule has 0 atom stereocenters. The molecule has 0 unspecified atom stereocenters. The van der Waals surface area contributed by atoms with Gasteiger partial charge in [0.05, 0.1) is 37.4 Å². The number of para-hydroxylation sites is 2. The van der Waals surface area contributed by atoms with Crippen LogP contribution in [0.15, 0.2) is 143 Å². The Hall–Kier alpha value is -6.89. The summed E-state index contributed by atoms with van der Waals surface area (Å²) >= 11 is 0. The number of aromatic nitrogens is 3. The summed E-state index contributed by atoms with van der Waals surface area (Å²) in [5.41, 5.74) is 11.9. The van der Waals surface area contributed by atoms with Gasteiger partial charge in [-0.25, -0.2) is 18.5 Å². The highest BCUT2D eigenvalue weighted by Crippen LogP contribution is 2.41. The SMILES string of the molecule is COc1ccccc1-c1ccnc2c(-c3c(C)cccc3C)[n+]([O-])ccc12.COc1ccccc1-c1ccnc2c1C=CN(O)C2=C1C=CC(=NS(C)(=O)=O)C=C1C. The first-order chi connectivity index (χ1) is 27.9. The van der Waals surface area contributed by atoms with Gasteiger partial charge in [0.15, 0.2) is 6.20 Å². The van der Waals surface area contributed by atoms with Gasteiger partial charge >= 0.3 is 0 Å². The molecule has 0 spiro atoms. The molecule has 0 bridgehead atoms. The molecule has 292 valence electrons. The predicted molar refractivity (Wildman–Crippen MR) is 229 cm³/mol.